The molecule has 0 saturated heterocycles. The maximum Gasteiger partial charge on any atom is 0.277 e. The maximum absolute atomic E-state index is 13.4. The van der Waals surface area contributed by atoms with E-state index in [9.17, 15) is 9.18 Å². The average Bonchev–Trinajstić information content (AvgIpc) is 2.78. The van der Waals surface area contributed by atoms with Crippen molar-refractivity contribution in [3.8, 4) is 0 Å². The molecule has 4 rings (SSSR count). The van der Waals surface area contributed by atoms with Crippen molar-refractivity contribution < 1.29 is 9.18 Å². The zero-order valence-corrected chi connectivity index (χ0v) is 16.1. The van der Waals surface area contributed by atoms with Gasteiger partial charge in [0.1, 0.15) is 11.5 Å². The molecule has 0 aliphatic rings. The van der Waals surface area contributed by atoms with Gasteiger partial charge in [-0.2, -0.15) is 0 Å². The van der Waals surface area contributed by atoms with Crippen molar-refractivity contribution in [2.75, 3.05) is 10.2 Å². The molecule has 0 aliphatic heterocycles. The first kappa shape index (κ1) is 19.3. The molecule has 1 aromatic heterocycles. The van der Waals surface area contributed by atoms with Crippen molar-refractivity contribution in [1.29, 1.82) is 0 Å². The van der Waals surface area contributed by atoms with Crippen LogP contribution >= 0.6 is 0 Å². The van der Waals surface area contributed by atoms with Crippen LogP contribution in [0.3, 0.4) is 0 Å². The van der Waals surface area contributed by atoms with E-state index in [2.05, 4.69) is 15.3 Å². The quantitative estimate of drug-likeness (QED) is 0.485. The number of rotatable bonds is 6. The highest BCUT2D eigenvalue weighted by molar-refractivity contribution is 6.04. The average molecular weight is 398 g/mol. The molecular weight excluding hydrogens is 379 g/mol. The molecule has 6 heteroatoms. The predicted molar refractivity (Wildman–Crippen MR) is 115 cm³/mol. The van der Waals surface area contributed by atoms with Crippen LogP contribution in [0, 0.1) is 5.82 Å². The summed E-state index contributed by atoms with van der Waals surface area (Å²) in [4.78, 5) is 23.5. The van der Waals surface area contributed by atoms with Gasteiger partial charge >= 0.3 is 0 Å². The van der Waals surface area contributed by atoms with Gasteiger partial charge in [-0.05, 0) is 42.0 Å². The lowest BCUT2D eigenvalue weighted by Gasteiger charge is -2.23. The normalized spacial score (nSPS) is 10.4. The molecule has 30 heavy (non-hydrogen) atoms. The molecule has 5 nitrogen and oxygen atoms in total. The number of hydrogen-bond donors (Lipinski definition) is 1. The monoisotopic (exact) mass is 398 g/mol. The van der Waals surface area contributed by atoms with E-state index in [0.717, 1.165) is 11.3 Å². The molecule has 0 aliphatic carbocycles. The smallest absolute Gasteiger partial charge is 0.277 e. The predicted octanol–water partition coefficient (Wildman–Crippen LogP) is 5.21. The lowest BCUT2D eigenvalue weighted by Crippen LogP contribution is -2.31. The fourth-order valence-corrected chi connectivity index (χ4v) is 3.03. The van der Waals surface area contributed by atoms with Crippen LogP contribution in [0.4, 0.5) is 21.7 Å². The fourth-order valence-electron chi connectivity index (χ4n) is 3.03. The molecule has 0 atom stereocenters. The SMILES string of the molecule is O=C(c1ccnc(Nc2cccc(F)c2)n1)N(Cc1ccccc1)c1ccccc1. The number of carbonyl (C=O) groups is 1. The Labute approximate surface area is 173 Å². The van der Waals surface area contributed by atoms with E-state index in [-0.39, 0.29) is 23.4 Å². The Bertz CT molecular complexity index is 1140. The molecule has 0 saturated carbocycles. The Morgan fingerprint density at radius 1 is 0.900 bits per heavy atom. The topological polar surface area (TPSA) is 58.1 Å². The Kier molecular flexibility index (Phi) is 5.75. The Hall–Kier alpha value is -4.06. The van der Waals surface area contributed by atoms with Gasteiger partial charge in [-0.15, -0.1) is 0 Å². The van der Waals surface area contributed by atoms with Crippen LogP contribution in [0.1, 0.15) is 16.1 Å². The zero-order valence-electron chi connectivity index (χ0n) is 16.1. The third-order valence-corrected chi connectivity index (χ3v) is 4.45. The number of benzene rings is 3. The molecule has 148 valence electrons. The molecule has 1 heterocycles. The first-order valence-electron chi connectivity index (χ1n) is 9.45. The summed E-state index contributed by atoms with van der Waals surface area (Å²) in [7, 11) is 0. The summed E-state index contributed by atoms with van der Waals surface area (Å²) in [5.41, 5.74) is 2.51. The first-order chi connectivity index (χ1) is 14.7. The minimum Gasteiger partial charge on any atom is -0.324 e. The summed E-state index contributed by atoms with van der Waals surface area (Å²) >= 11 is 0. The third kappa shape index (κ3) is 4.67. The van der Waals surface area contributed by atoms with Crippen molar-refractivity contribution >= 4 is 23.2 Å². The number of amides is 1. The van der Waals surface area contributed by atoms with Crippen LogP contribution in [0.15, 0.2) is 97.2 Å². The van der Waals surface area contributed by atoms with Crippen molar-refractivity contribution in [3.05, 3.63) is 114 Å². The molecule has 1 amide bonds. The molecule has 1 N–H and O–H groups in total. The van der Waals surface area contributed by atoms with Gasteiger partial charge < -0.3 is 10.2 Å². The summed E-state index contributed by atoms with van der Waals surface area (Å²) in [5, 5.41) is 2.94. The molecule has 0 fully saturated rings. The fraction of sp³-hybridized carbons (Fsp3) is 0.0417. The van der Waals surface area contributed by atoms with Gasteiger partial charge in [0.05, 0.1) is 6.54 Å². The second-order valence-electron chi connectivity index (χ2n) is 6.61. The summed E-state index contributed by atoms with van der Waals surface area (Å²) in [6, 6.07) is 26.8. The largest absolute Gasteiger partial charge is 0.324 e. The van der Waals surface area contributed by atoms with Gasteiger partial charge in [0.25, 0.3) is 5.91 Å². The Morgan fingerprint density at radius 3 is 2.37 bits per heavy atom. The number of para-hydroxylation sites is 1. The van der Waals surface area contributed by atoms with Gasteiger partial charge in [0.15, 0.2) is 0 Å². The van der Waals surface area contributed by atoms with Gasteiger partial charge in [-0.3, -0.25) is 4.79 Å². The number of hydrogen-bond acceptors (Lipinski definition) is 4. The summed E-state index contributed by atoms with van der Waals surface area (Å²) < 4.78 is 13.4. The number of halogens is 1. The summed E-state index contributed by atoms with van der Waals surface area (Å²) in [6.45, 7) is 0.403. The minimum absolute atomic E-state index is 0.221. The molecule has 3 aromatic carbocycles. The number of nitrogens with one attached hydrogen (secondary N) is 1. The van der Waals surface area contributed by atoms with Crippen molar-refractivity contribution in [2.45, 2.75) is 6.54 Å². The minimum atomic E-state index is -0.370. The summed E-state index contributed by atoms with van der Waals surface area (Å²) in [5.74, 6) is -0.403. The number of carbonyl (C=O) groups excluding carboxylic acids is 1. The molecule has 0 bridgehead atoms. The van der Waals surface area contributed by atoms with Crippen molar-refractivity contribution in [2.24, 2.45) is 0 Å². The second kappa shape index (κ2) is 8.96. The van der Waals surface area contributed by atoms with Crippen LogP contribution in [-0.4, -0.2) is 15.9 Å². The molecule has 0 spiro atoms. The van der Waals surface area contributed by atoms with Gasteiger partial charge in [0, 0.05) is 17.6 Å². The number of nitrogens with zero attached hydrogens (tertiary/aromatic N) is 3. The van der Waals surface area contributed by atoms with Crippen LogP contribution < -0.4 is 10.2 Å². The standard InChI is InChI=1S/C24H19FN4O/c25-19-10-7-11-20(16-19)27-24-26-15-14-22(28-24)23(30)29(21-12-5-2-6-13-21)17-18-8-3-1-4-9-18/h1-16H,17H2,(H,26,27,28). The molecular formula is C24H19FN4O. The zero-order chi connectivity index (χ0) is 20.8. The van der Waals surface area contributed by atoms with Crippen LogP contribution in [-0.2, 0) is 6.54 Å². The van der Waals surface area contributed by atoms with E-state index in [1.54, 1.807) is 23.1 Å². The van der Waals surface area contributed by atoms with Gasteiger partial charge in [-0.1, -0.05) is 54.6 Å². The molecule has 0 unspecified atom stereocenters. The van der Waals surface area contributed by atoms with E-state index in [0.29, 0.717) is 12.2 Å². The van der Waals surface area contributed by atoms with E-state index < -0.39 is 0 Å². The Balaban J connectivity index is 1.62. The third-order valence-electron chi connectivity index (χ3n) is 4.45. The highest BCUT2D eigenvalue weighted by Crippen LogP contribution is 2.20. The lowest BCUT2D eigenvalue weighted by molar-refractivity contribution is 0.0980. The Morgan fingerprint density at radius 2 is 1.63 bits per heavy atom. The maximum atomic E-state index is 13.4. The molecule has 0 radical (unpaired) electrons. The van der Waals surface area contributed by atoms with Crippen molar-refractivity contribution in [3.63, 3.8) is 0 Å². The van der Waals surface area contributed by atoms with Crippen LogP contribution in [0.25, 0.3) is 0 Å². The van der Waals surface area contributed by atoms with Gasteiger partial charge in [0.2, 0.25) is 5.95 Å². The van der Waals surface area contributed by atoms with Crippen LogP contribution in [0.2, 0.25) is 0 Å². The van der Waals surface area contributed by atoms with Crippen molar-refractivity contribution in [1.82, 2.24) is 9.97 Å². The highest BCUT2D eigenvalue weighted by atomic mass is 19.1. The van der Waals surface area contributed by atoms with E-state index in [1.165, 1.54) is 18.3 Å². The van der Waals surface area contributed by atoms with E-state index >= 15 is 0 Å². The lowest BCUT2D eigenvalue weighted by atomic mass is 10.2. The van der Waals surface area contributed by atoms with Gasteiger partial charge in [-0.25, -0.2) is 14.4 Å². The second-order valence-corrected chi connectivity index (χ2v) is 6.61. The summed E-state index contributed by atoms with van der Waals surface area (Å²) in [6.07, 6.45) is 1.51. The van der Waals surface area contributed by atoms with E-state index in [4.69, 9.17) is 0 Å². The highest BCUT2D eigenvalue weighted by Gasteiger charge is 2.20. The van der Waals surface area contributed by atoms with Crippen LogP contribution in [0.5, 0.6) is 0 Å². The van der Waals surface area contributed by atoms with E-state index in [1.807, 2.05) is 60.7 Å². The first-order valence-corrected chi connectivity index (χ1v) is 9.45. The number of anilines is 3. The number of aromatic nitrogens is 2. The molecule has 4 aromatic rings.